The molecule has 0 amide bonds. The number of unbranched alkanes of at least 4 members (excludes halogenated alkanes) is 26. The maximum atomic E-state index is 12.9. The maximum Gasteiger partial charge on any atom is 0.306 e. The van der Waals surface area contributed by atoms with Crippen LogP contribution in [0.25, 0.3) is 0 Å². The second-order valence-corrected chi connectivity index (χ2v) is 19.3. The first-order chi connectivity index (χ1) is 35.0. The van der Waals surface area contributed by atoms with Gasteiger partial charge in [-0.25, -0.2) is 0 Å². The Bertz CT molecular complexity index is 1460. The summed E-state index contributed by atoms with van der Waals surface area (Å²) in [5.41, 5.74) is 0. The van der Waals surface area contributed by atoms with Gasteiger partial charge in [0.1, 0.15) is 13.2 Å². The second kappa shape index (κ2) is 58.6. The van der Waals surface area contributed by atoms with Gasteiger partial charge in [0.25, 0.3) is 0 Å². The lowest BCUT2D eigenvalue weighted by Crippen LogP contribution is -2.30. The third-order valence-corrected chi connectivity index (χ3v) is 12.3. The van der Waals surface area contributed by atoms with Gasteiger partial charge in [-0.05, 0) is 109 Å². The molecular weight excluding hydrogens is 877 g/mol. The van der Waals surface area contributed by atoms with E-state index in [1.54, 1.807) is 0 Å². The summed E-state index contributed by atoms with van der Waals surface area (Å²) in [5, 5.41) is 0. The molecule has 0 aliphatic carbocycles. The van der Waals surface area contributed by atoms with Crippen molar-refractivity contribution in [1.82, 2.24) is 0 Å². The van der Waals surface area contributed by atoms with Gasteiger partial charge in [0.05, 0.1) is 0 Å². The zero-order valence-corrected chi connectivity index (χ0v) is 46.2. The monoisotopic (exact) mass is 985 g/mol. The molecule has 0 bridgehead atoms. The summed E-state index contributed by atoms with van der Waals surface area (Å²) >= 11 is 0. The number of hydrogen-bond acceptors (Lipinski definition) is 6. The lowest BCUT2D eigenvalue weighted by atomic mass is 10.1. The van der Waals surface area contributed by atoms with Crippen LogP contribution in [0.3, 0.4) is 0 Å². The molecule has 6 heteroatoms. The number of carbonyl (C=O) groups excluding carboxylic acids is 3. The van der Waals surface area contributed by atoms with Crippen LogP contribution in [-0.2, 0) is 28.6 Å². The lowest BCUT2D eigenvalue weighted by Gasteiger charge is -2.18. The lowest BCUT2D eigenvalue weighted by molar-refractivity contribution is -0.167. The van der Waals surface area contributed by atoms with Crippen LogP contribution in [0.15, 0.2) is 109 Å². The van der Waals surface area contributed by atoms with E-state index in [0.717, 1.165) is 116 Å². The Morgan fingerprint density at radius 3 is 1.04 bits per heavy atom. The van der Waals surface area contributed by atoms with Crippen LogP contribution in [0.4, 0.5) is 0 Å². The first-order valence-electron chi connectivity index (χ1n) is 29.4. The Labute approximate surface area is 438 Å². The fourth-order valence-electron chi connectivity index (χ4n) is 7.91. The molecule has 1 unspecified atom stereocenters. The summed E-state index contributed by atoms with van der Waals surface area (Å²) in [5.74, 6) is -0.959. The Morgan fingerprint density at radius 2 is 0.606 bits per heavy atom. The van der Waals surface area contributed by atoms with Crippen LogP contribution >= 0.6 is 0 Å². The summed E-state index contributed by atoms with van der Waals surface area (Å²) in [7, 11) is 0. The molecule has 0 saturated carbocycles. The fraction of sp³-hybridized carbons (Fsp3) is 0.677. The van der Waals surface area contributed by atoms with Gasteiger partial charge >= 0.3 is 17.9 Å². The minimum atomic E-state index is -0.808. The zero-order valence-electron chi connectivity index (χ0n) is 46.2. The summed E-state index contributed by atoms with van der Waals surface area (Å²) in [4.78, 5) is 38.2. The minimum Gasteiger partial charge on any atom is -0.462 e. The molecule has 6 nitrogen and oxygen atoms in total. The van der Waals surface area contributed by atoms with E-state index in [9.17, 15) is 14.4 Å². The van der Waals surface area contributed by atoms with E-state index in [1.165, 1.54) is 109 Å². The van der Waals surface area contributed by atoms with Crippen LogP contribution in [0, 0.1) is 0 Å². The number of ether oxygens (including phenoxy) is 3. The number of esters is 3. The van der Waals surface area contributed by atoms with Gasteiger partial charge in [-0.15, -0.1) is 0 Å². The van der Waals surface area contributed by atoms with Gasteiger partial charge < -0.3 is 14.2 Å². The van der Waals surface area contributed by atoms with Crippen molar-refractivity contribution in [3.05, 3.63) is 109 Å². The van der Waals surface area contributed by atoms with Gasteiger partial charge in [0, 0.05) is 19.3 Å². The molecule has 404 valence electrons. The predicted molar refractivity (Wildman–Crippen MR) is 307 cm³/mol. The topological polar surface area (TPSA) is 78.9 Å². The zero-order chi connectivity index (χ0) is 51.4. The summed E-state index contributed by atoms with van der Waals surface area (Å²) in [6.07, 6.45) is 79.3. The van der Waals surface area contributed by atoms with Crippen molar-refractivity contribution in [1.29, 1.82) is 0 Å². The van der Waals surface area contributed by atoms with E-state index in [2.05, 4.69) is 130 Å². The van der Waals surface area contributed by atoms with Crippen LogP contribution in [0.2, 0.25) is 0 Å². The molecule has 0 aliphatic heterocycles. The number of rotatable bonds is 52. The Kier molecular flexibility index (Phi) is 55.4. The van der Waals surface area contributed by atoms with E-state index < -0.39 is 6.10 Å². The van der Waals surface area contributed by atoms with Gasteiger partial charge in [-0.1, -0.05) is 246 Å². The average Bonchev–Trinajstić information content (AvgIpc) is 3.37. The molecule has 1 atom stereocenters. The average molecular weight is 986 g/mol. The van der Waals surface area contributed by atoms with E-state index in [4.69, 9.17) is 14.2 Å². The Hall–Kier alpha value is -3.93. The molecule has 0 N–H and O–H groups in total. The smallest absolute Gasteiger partial charge is 0.306 e. The van der Waals surface area contributed by atoms with E-state index in [0.29, 0.717) is 19.3 Å². The van der Waals surface area contributed by atoms with Gasteiger partial charge in [0.2, 0.25) is 0 Å². The molecule has 0 spiro atoms. The number of allylic oxidation sites excluding steroid dienone is 18. The van der Waals surface area contributed by atoms with E-state index in [-0.39, 0.29) is 31.1 Å². The molecule has 0 radical (unpaired) electrons. The van der Waals surface area contributed by atoms with Crippen LogP contribution in [-0.4, -0.2) is 37.2 Å². The van der Waals surface area contributed by atoms with Crippen molar-refractivity contribution in [2.75, 3.05) is 13.2 Å². The maximum absolute atomic E-state index is 12.9. The highest BCUT2D eigenvalue weighted by Gasteiger charge is 2.19. The summed E-state index contributed by atoms with van der Waals surface area (Å²) in [6, 6.07) is 0. The third-order valence-electron chi connectivity index (χ3n) is 12.3. The normalized spacial score (nSPS) is 12.9. The van der Waals surface area contributed by atoms with Crippen LogP contribution in [0.5, 0.6) is 0 Å². The number of carbonyl (C=O) groups is 3. The van der Waals surface area contributed by atoms with Gasteiger partial charge in [-0.2, -0.15) is 0 Å². The molecule has 0 fully saturated rings. The molecule has 71 heavy (non-hydrogen) atoms. The van der Waals surface area contributed by atoms with Crippen molar-refractivity contribution in [3.8, 4) is 0 Å². The Balaban J connectivity index is 4.49. The van der Waals surface area contributed by atoms with Gasteiger partial charge in [-0.3, -0.25) is 14.4 Å². The van der Waals surface area contributed by atoms with Crippen molar-refractivity contribution in [3.63, 3.8) is 0 Å². The highest BCUT2D eigenvalue weighted by atomic mass is 16.6. The highest BCUT2D eigenvalue weighted by Crippen LogP contribution is 2.14. The van der Waals surface area contributed by atoms with Crippen molar-refractivity contribution >= 4 is 17.9 Å². The fourth-order valence-corrected chi connectivity index (χ4v) is 7.91. The van der Waals surface area contributed by atoms with Crippen LogP contribution < -0.4 is 0 Å². The third kappa shape index (κ3) is 56.9. The van der Waals surface area contributed by atoms with Crippen molar-refractivity contribution < 1.29 is 28.6 Å². The SMILES string of the molecule is CC/C=C\C/C=C\C/C=C\C/C=C\CCCCCC(=O)OCC(COC(=O)CCCCCCCCC/C=C\CCCCCCCCCC)OC(=O)CCCCCCC\C=C/C=C\C=C/C=C\CCCCC. The second-order valence-electron chi connectivity index (χ2n) is 19.3. The summed E-state index contributed by atoms with van der Waals surface area (Å²) < 4.78 is 16.8. The molecule has 0 aromatic rings. The molecular formula is C65H108O6. The van der Waals surface area contributed by atoms with Crippen LogP contribution in [0.1, 0.15) is 265 Å². The van der Waals surface area contributed by atoms with Crippen molar-refractivity contribution in [2.24, 2.45) is 0 Å². The van der Waals surface area contributed by atoms with Crippen molar-refractivity contribution in [2.45, 2.75) is 271 Å². The van der Waals surface area contributed by atoms with E-state index in [1.807, 2.05) is 0 Å². The minimum absolute atomic E-state index is 0.102. The Morgan fingerprint density at radius 1 is 0.310 bits per heavy atom. The standard InChI is InChI=1S/C65H108O6/c1-4-7-10-13-16-19-22-25-28-31-33-35-37-40-43-46-49-52-55-58-64(67)70-61-62(60-69-63(66)57-54-51-48-45-42-39-36-30-27-24-21-18-15-12-9-6-3)71-65(68)59-56-53-50-47-44-41-38-34-32-29-26-23-20-17-14-11-8-5-2/h9,12,17-18,20-21,23,26-27,29-34,38-39,42,62H,4-8,10-11,13-16,19,22,24-25,28,35-37,40-41,43-61H2,1-3H3/b12-9-,20-17-,21-18-,26-23-,30-27-,32-29-,33-31-,38-34-,42-39-. The number of hydrogen-bond donors (Lipinski definition) is 0. The molecule has 0 aromatic heterocycles. The summed E-state index contributed by atoms with van der Waals surface area (Å²) in [6.45, 7) is 6.44. The largest absolute Gasteiger partial charge is 0.462 e. The van der Waals surface area contributed by atoms with E-state index >= 15 is 0 Å². The first-order valence-corrected chi connectivity index (χ1v) is 29.4. The predicted octanol–water partition coefficient (Wildman–Crippen LogP) is 19.9. The molecule has 0 aromatic carbocycles. The first kappa shape index (κ1) is 67.1. The molecule has 0 aliphatic rings. The quantitative estimate of drug-likeness (QED) is 0.0199. The molecule has 0 saturated heterocycles. The molecule has 0 heterocycles. The highest BCUT2D eigenvalue weighted by molar-refractivity contribution is 5.71. The molecule has 0 rings (SSSR count). The van der Waals surface area contributed by atoms with Gasteiger partial charge in [0.15, 0.2) is 6.10 Å².